The van der Waals surface area contributed by atoms with Crippen molar-refractivity contribution in [2.45, 2.75) is 13.8 Å². The minimum Gasteiger partial charge on any atom is -0.462 e. The lowest BCUT2D eigenvalue weighted by molar-refractivity contribution is 0.0525. The quantitative estimate of drug-likeness (QED) is 0.670. The van der Waals surface area contributed by atoms with E-state index in [9.17, 15) is 4.79 Å². The standard InChI is InChI=1S/C8H9ClO3/c1-3-11-8(10)6-5(2)4-12-7(6)9/h4H,3H2,1-2H3. The average Bonchev–Trinajstić information content (AvgIpc) is 2.32. The van der Waals surface area contributed by atoms with E-state index >= 15 is 0 Å². The first-order chi connectivity index (χ1) is 5.66. The summed E-state index contributed by atoms with van der Waals surface area (Å²) in [6.07, 6.45) is 1.43. The molecule has 0 spiro atoms. The SMILES string of the molecule is CCOC(=O)c1c(C)coc1Cl. The van der Waals surface area contributed by atoms with E-state index in [2.05, 4.69) is 0 Å². The van der Waals surface area contributed by atoms with Gasteiger partial charge >= 0.3 is 5.97 Å². The van der Waals surface area contributed by atoms with Gasteiger partial charge in [0.2, 0.25) is 5.22 Å². The van der Waals surface area contributed by atoms with E-state index < -0.39 is 5.97 Å². The molecule has 0 unspecified atom stereocenters. The molecule has 0 amide bonds. The number of esters is 1. The Balaban J connectivity index is 2.93. The normalized spacial score (nSPS) is 9.92. The Hall–Kier alpha value is -0.960. The summed E-state index contributed by atoms with van der Waals surface area (Å²) in [7, 11) is 0. The Bertz CT molecular complexity index is 271. The minimum atomic E-state index is -0.436. The van der Waals surface area contributed by atoms with Crippen LogP contribution in [0.25, 0.3) is 0 Å². The van der Waals surface area contributed by atoms with Crippen LogP contribution >= 0.6 is 11.6 Å². The number of rotatable bonds is 2. The number of carbonyl (C=O) groups is 1. The van der Waals surface area contributed by atoms with Gasteiger partial charge in [0.05, 0.1) is 12.9 Å². The Morgan fingerprint density at radius 3 is 2.83 bits per heavy atom. The molecule has 0 aliphatic carbocycles. The summed E-state index contributed by atoms with van der Waals surface area (Å²) in [6.45, 7) is 3.81. The second-order valence-corrected chi connectivity index (χ2v) is 2.63. The molecule has 0 atom stereocenters. The molecular weight excluding hydrogens is 180 g/mol. The van der Waals surface area contributed by atoms with Gasteiger partial charge < -0.3 is 9.15 Å². The lowest BCUT2D eigenvalue weighted by atomic mass is 10.2. The van der Waals surface area contributed by atoms with E-state index in [0.717, 1.165) is 0 Å². The lowest BCUT2D eigenvalue weighted by Gasteiger charge is -1.99. The molecule has 1 aromatic heterocycles. The average molecular weight is 189 g/mol. The van der Waals surface area contributed by atoms with Gasteiger partial charge in [-0.05, 0) is 25.4 Å². The van der Waals surface area contributed by atoms with E-state index in [1.165, 1.54) is 6.26 Å². The summed E-state index contributed by atoms with van der Waals surface area (Å²) in [4.78, 5) is 11.2. The van der Waals surface area contributed by atoms with Gasteiger partial charge in [0.1, 0.15) is 5.56 Å². The number of furan rings is 1. The molecule has 1 heterocycles. The zero-order valence-corrected chi connectivity index (χ0v) is 7.64. The van der Waals surface area contributed by atoms with Gasteiger partial charge in [0, 0.05) is 5.56 Å². The van der Waals surface area contributed by atoms with Crippen molar-refractivity contribution in [2.24, 2.45) is 0 Å². The molecule has 4 heteroatoms. The van der Waals surface area contributed by atoms with Gasteiger partial charge in [-0.3, -0.25) is 0 Å². The highest BCUT2D eigenvalue weighted by molar-refractivity contribution is 6.32. The van der Waals surface area contributed by atoms with Crippen LogP contribution in [0.1, 0.15) is 22.8 Å². The maximum absolute atomic E-state index is 11.2. The first-order valence-electron chi connectivity index (χ1n) is 3.57. The molecule has 0 saturated heterocycles. The molecule has 0 aromatic carbocycles. The third kappa shape index (κ3) is 1.61. The lowest BCUT2D eigenvalue weighted by Crippen LogP contribution is -2.05. The second kappa shape index (κ2) is 3.63. The zero-order chi connectivity index (χ0) is 9.14. The van der Waals surface area contributed by atoms with Crippen molar-refractivity contribution in [1.82, 2.24) is 0 Å². The topological polar surface area (TPSA) is 39.4 Å². The molecular formula is C8H9ClO3. The molecule has 12 heavy (non-hydrogen) atoms. The van der Waals surface area contributed by atoms with Crippen molar-refractivity contribution < 1.29 is 13.9 Å². The predicted molar refractivity (Wildman–Crippen MR) is 44.4 cm³/mol. The first kappa shape index (κ1) is 9.13. The van der Waals surface area contributed by atoms with E-state index in [1.807, 2.05) is 0 Å². The Morgan fingerprint density at radius 2 is 2.42 bits per heavy atom. The van der Waals surface area contributed by atoms with Crippen molar-refractivity contribution in [3.05, 3.63) is 22.6 Å². The predicted octanol–water partition coefficient (Wildman–Crippen LogP) is 2.42. The molecule has 1 aromatic rings. The van der Waals surface area contributed by atoms with Crippen LogP contribution < -0.4 is 0 Å². The summed E-state index contributed by atoms with van der Waals surface area (Å²) in [5.41, 5.74) is 1.01. The van der Waals surface area contributed by atoms with E-state index in [0.29, 0.717) is 17.7 Å². The molecule has 66 valence electrons. The maximum Gasteiger partial charge on any atom is 0.343 e. The number of hydrogen-bond donors (Lipinski definition) is 0. The summed E-state index contributed by atoms with van der Waals surface area (Å²) in [5.74, 6) is -0.436. The Kier molecular flexibility index (Phi) is 2.76. The van der Waals surface area contributed by atoms with E-state index in [-0.39, 0.29) is 5.22 Å². The van der Waals surface area contributed by atoms with Gasteiger partial charge in [-0.25, -0.2) is 4.79 Å². The number of aryl methyl sites for hydroxylation is 1. The van der Waals surface area contributed by atoms with Crippen LogP contribution in [-0.2, 0) is 4.74 Å². The number of hydrogen-bond acceptors (Lipinski definition) is 3. The van der Waals surface area contributed by atoms with Crippen molar-refractivity contribution in [1.29, 1.82) is 0 Å². The molecule has 0 fully saturated rings. The molecule has 0 saturated carbocycles. The third-order valence-corrected chi connectivity index (χ3v) is 1.69. The fraction of sp³-hybridized carbons (Fsp3) is 0.375. The van der Waals surface area contributed by atoms with Crippen molar-refractivity contribution in [3.63, 3.8) is 0 Å². The van der Waals surface area contributed by atoms with Crippen LogP contribution in [0.3, 0.4) is 0 Å². The highest BCUT2D eigenvalue weighted by Crippen LogP contribution is 2.22. The fourth-order valence-electron chi connectivity index (χ4n) is 0.857. The zero-order valence-electron chi connectivity index (χ0n) is 6.89. The van der Waals surface area contributed by atoms with E-state index in [4.69, 9.17) is 20.8 Å². The van der Waals surface area contributed by atoms with Crippen molar-refractivity contribution in [2.75, 3.05) is 6.61 Å². The largest absolute Gasteiger partial charge is 0.462 e. The van der Waals surface area contributed by atoms with Gasteiger partial charge in [0.25, 0.3) is 0 Å². The van der Waals surface area contributed by atoms with Crippen molar-refractivity contribution in [3.8, 4) is 0 Å². The van der Waals surface area contributed by atoms with Gasteiger partial charge in [-0.15, -0.1) is 0 Å². The maximum atomic E-state index is 11.2. The van der Waals surface area contributed by atoms with Crippen LogP contribution in [0, 0.1) is 6.92 Å². The Labute approximate surface area is 75.3 Å². The molecule has 1 rings (SSSR count). The van der Waals surface area contributed by atoms with Crippen LogP contribution in [0.5, 0.6) is 0 Å². The molecule has 0 N–H and O–H groups in total. The van der Waals surface area contributed by atoms with E-state index in [1.54, 1.807) is 13.8 Å². The van der Waals surface area contributed by atoms with Crippen LogP contribution in [0.15, 0.2) is 10.7 Å². The fourth-order valence-corrected chi connectivity index (χ4v) is 1.13. The smallest absolute Gasteiger partial charge is 0.343 e. The molecule has 0 bridgehead atoms. The number of carbonyl (C=O) groups excluding carboxylic acids is 1. The van der Waals surface area contributed by atoms with Gasteiger partial charge in [0.15, 0.2) is 0 Å². The third-order valence-electron chi connectivity index (χ3n) is 1.41. The first-order valence-corrected chi connectivity index (χ1v) is 3.95. The highest BCUT2D eigenvalue weighted by atomic mass is 35.5. The molecule has 0 radical (unpaired) electrons. The van der Waals surface area contributed by atoms with Gasteiger partial charge in [-0.1, -0.05) is 0 Å². The minimum absolute atomic E-state index is 0.0888. The molecule has 0 aliphatic rings. The molecule has 3 nitrogen and oxygen atoms in total. The second-order valence-electron chi connectivity index (χ2n) is 2.29. The van der Waals surface area contributed by atoms with Crippen LogP contribution in [-0.4, -0.2) is 12.6 Å². The molecule has 0 aliphatic heterocycles. The van der Waals surface area contributed by atoms with Crippen LogP contribution in [0.4, 0.5) is 0 Å². The summed E-state index contributed by atoms with van der Waals surface area (Å²) < 4.78 is 9.59. The number of ether oxygens (including phenoxy) is 1. The van der Waals surface area contributed by atoms with Gasteiger partial charge in [-0.2, -0.15) is 0 Å². The number of halogens is 1. The monoisotopic (exact) mass is 188 g/mol. The summed E-state index contributed by atoms with van der Waals surface area (Å²) in [5, 5.41) is 0.0888. The van der Waals surface area contributed by atoms with Crippen LogP contribution in [0.2, 0.25) is 5.22 Å². The summed E-state index contributed by atoms with van der Waals surface area (Å²) in [6, 6.07) is 0. The summed E-state index contributed by atoms with van der Waals surface area (Å²) >= 11 is 5.61. The Morgan fingerprint density at radius 1 is 1.75 bits per heavy atom. The highest BCUT2D eigenvalue weighted by Gasteiger charge is 2.17. The van der Waals surface area contributed by atoms with Crippen molar-refractivity contribution >= 4 is 17.6 Å².